The Morgan fingerprint density at radius 1 is 0.978 bits per heavy atom. The van der Waals surface area contributed by atoms with Crippen LogP contribution < -0.4 is 19.5 Å². The molecular formula is C37H39BrN2O6. The molecule has 4 aromatic rings. The summed E-state index contributed by atoms with van der Waals surface area (Å²) >= 11 is 3.48. The molecular weight excluding hydrogens is 648 g/mol. The van der Waals surface area contributed by atoms with Crippen LogP contribution in [0.1, 0.15) is 59.9 Å². The van der Waals surface area contributed by atoms with Gasteiger partial charge in [-0.3, -0.25) is 4.79 Å². The Balaban J connectivity index is 1.58. The van der Waals surface area contributed by atoms with Crippen LogP contribution >= 0.6 is 15.9 Å². The van der Waals surface area contributed by atoms with Gasteiger partial charge in [-0.05, 0) is 106 Å². The minimum atomic E-state index is -0.560. The van der Waals surface area contributed by atoms with Crippen LogP contribution in [-0.2, 0) is 16.0 Å². The second kappa shape index (κ2) is 13.5. The lowest BCUT2D eigenvalue weighted by Gasteiger charge is -2.36. The van der Waals surface area contributed by atoms with E-state index in [2.05, 4.69) is 48.1 Å². The van der Waals surface area contributed by atoms with Crippen LogP contribution in [0.4, 0.5) is 5.69 Å². The number of hydrogen-bond donors (Lipinski definition) is 1. The zero-order chi connectivity index (χ0) is 33.2. The van der Waals surface area contributed by atoms with Crippen LogP contribution in [0.2, 0.25) is 0 Å². The highest BCUT2D eigenvalue weighted by Crippen LogP contribution is 2.46. The standard InChI is InChI=1S/C37H39BrN2O6/c1-21-12-13-29(27(38)14-21)39-32(41)20-46-36(42)33-25-10-8-9-11-28(25)40-34-23(18-24(19-26(33)34)37(2,3)4)15-22-16-30(43-5)35(45-7)31(17-22)44-6/h8-17,24H,18-20H2,1-7H3,(H,39,41). The number of halogens is 1. The number of ether oxygens (including phenoxy) is 4. The molecule has 0 bridgehead atoms. The van der Waals surface area contributed by atoms with E-state index < -0.39 is 18.5 Å². The third kappa shape index (κ3) is 6.89. The average molecular weight is 688 g/mol. The molecule has 0 spiro atoms. The summed E-state index contributed by atoms with van der Waals surface area (Å²) in [5, 5.41) is 3.51. The number of fused-ring (bicyclic) bond motifs is 2. The first-order chi connectivity index (χ1) is 21.9. The monoisotopic (exact) mass is 686 g/mol. The molecule has 0 saturated heterocycles. The zero-order valence-electron chi connectivity index (χ0n) is 27.2. The van der Waals surface area contributed by atoms with Crippen molar-refractivity contribution in [1.82, 2.24) is 4.98 Å². The average Bonchev–Trinajstić information content (AvgIpc) is 3.02. The number of methoxy groups -OCH3 is 3. The molecule has 1 aromatic heterocycles. The van der Waals surface area contributed by atoms with Crippen molar-refractivity contribution in [2.75, 3.05) is 33.3 Å². The third-order valence-electron chi connectivity index (χ3n) is 8.40. The number of esters is 1. The van der Waals surface area contributed by atoms with Gasteiger partial charge in [-0.1, -0.05) is 45.0 Å². The largest absolute Gasteiger partial charge is 0.493 e. The molecule has 46 heavy (non-hydrogen) atoms. The number of allylic oxidation sites excluding steroid dienone is 1. The highest BCUT2D eigenvalue weighted by Gasteiger charge is 2.35. The summed E-state index contributed by atoms with van der Waals surface area (Å²) in [6, 6.07) is 17.0. The van der Waals surface area contributed by atoms with Gasteiger partial charge in [0.15, 0.2) is 18.1 Å². The summed E-state index contributed by atoms with van der Waals surface area (Å²) in [6.07, 6.45) is 3.46. The van der Waals surface area contributed by atoms with Crippen LogP contribution in [0.3, 0.4) is 0 Å². The first-order valence-electron chi connectivity index (χ1n) is 15.1. The fraction of sp³-hybridized carbons (Fsp3) is 0.324. The number of hydrogen-bond acceptors (Lipinski definition) is 7. The molecule has 240 valence electrons. The van der Waals surface area contributed by atoms with Gasteiger partial charge in [-0.25, -0.2) is 9.78 Å². The number of anilines is 1. The lowest BCUT2D eigenvalue weighted by molar-refractivity contribution is -0.119. The zero-order valence-corrected chi connectivity index (χ0v) is 28.8. The Labute approximate surface area is 278 Å². The highest BCUT2D eigenvalue weighted by atomic mass is 79.9. The first kappa shape index (κ1) is 33.0. The maximum absolute atomic E-state index is 14.0. The summed E-state index contributed by atoms with van der Waals surface area (Å²) < 4.78 is 23.2. The predicted octanol–water partition coefficient (Wildman–Crippen LogP) is 8.28. The Morgan fingerprint density at radius 2 is 1.67 bits per heavy atom. The number of aryl methyl sites for hydroxylation is 1. The molecule has 0 radical (unpaired) electrons. The number of carbonyl (C=O) groups is 2. The number of aromatic nitrogens is 1. The maximum atomic E-state index is 14.0. The van der Waals surface area contributed by atoms with Crippen LogP contribution in [0, 0.1) is 18.3 Å². The number of benzene rings is 3. The molecule has 0 aliphatic heterocycles. The summed E-state index contributed by atoms with van der Waals surface area (Å²) in [7, 11) is 4.75. The van der Waals surface area contributed by atoms with Gasteiger partial charge in [0.25, 0.3) is 5.91 Å². The summed E-state index contributed by atoms with van der Waals surface area (Å²) in [6.45, 7) is 8.16. The number of pyridine rings is 1. The number of nitrogens with zero attached hydrogens (tertiary/aromatic N) is 1. The van der Waals surface area contributed by atoms with Gasteiger partial charge in [0.05, 0.1) is 43.8 Å². The number of amides is 1. The smallest absolute Gasteiger partial charge is 0.339 e. The van der Waals surface area contributed by atoms with Gasteiger partial charge < -0.3 is 24.3 Å². The number of para-hydroxylation sites is 1. The SMILES string of the molecule is COc1cc(C=C2CC(C(C)(C)C)Cc3c2nc2ccccc2c3C(=O)OCC(=O)Nc2ccc(C)cc2Br)cc(OC)c1OC. The van der Waals surface area contributed by atoms with E-state index in [1.165, 1.54) is 0 Å². The molecule has 5 rings (SSSR count). The molecule has 1 heterocycles. The fourth-order valence-electron chi connectivity index (χ4n) is 5.87. The number of nitrogens with one attached hydrogen (secondary N) is 1. The van der Waals surface area contributed by atoms with Crippen LogP contribution in [-0.4, -0.2) is 44.8 Å². The van der Waals surface area contributed by atoms with Gasteiger partial charge >= 0.3 is 5.97 Å². The van der Waals surface area contributed by atoms with E-state index in [1.807, 2.05) is 55.5 Å². The normalized spacial score (nSPS) is 15.3. The van der Waals surface area contributed by atoms with E-state index in [9.17, 15) is 9.59 Å². The van der Waals surface area contributed by atoms with Crippen LogP contribution in [0.25, 0.3) is 22.6 Å². The van der Waals surface area contributed by atoms with E-state index in [4.69, 9.17) is 23.9 Å². The molecule has 1 amide bonds. The second-order valence-corrected chi connectivity index (χ2v) is 13.4. The molecule has 8 nitrogen and oxygen atoms in total. The van der Waals surface area contributed by atoms with Gasteiger partial charge in [0.1, 0.15) is 0 Å². The molecule has 3 aromatic carbocycles. The van der Waals surface area contributed by atoms with Crippen molar-refractivity contribution in [3.05, 3.63) is 87.0 Å². The Hall–Kier alpha value is -4.37. The quantitative estimate of drug-likeness (QED) is 0.186. The molecule has 1 atom stereocenters. The molecule has 0 saturated carbocycles. The number of rotatable bonds is 8. The van der Waals surface area contributed by atoms with E-state index in [0.29, 0.717) is 45.8 Å². The van der Waals surface area contributed by atoms with E-state index >= 15 is 0 Å². The molecule has 1 N–H and O–H groups in total. The summed E-state index contributed by atoms with van der Waals surface area (Å²) in [5.74, 6) is 0.810. The lowest BCUT2D eigenvalue weighted by atomic mass is 9.69. The van der Waals surface area contributed by atoms with Crippen molar-refractivity contribution in [1.29, 1.82) is 0 Å². The molecule has 0 fully saturated rings. The minimum absolute atomic E-state index is 0.0692. The van der Waals surface area contributed by atoms with Crippen molar-refractivity contribution in [2.24, 2.45) is 11.3 Å². The minimum Gasteiger partial charge on any atom is -0.493 e. The van der Waals surface area contributed by atoms with Crippen LogP contribution in [0.5, 0.6) is 17.2 Å². The molecule has 9 heteroatoms. The van der Waals surface area contributed by atoms with Gasteiger partial charge in [-0.15, -0.1) is 0 Å². The van der Waals surface area contributed by atoms with E-state index in [-0.39, 0.29) is 11.3 Å². The Kier molecular flexibility index (Phi) is 9.72. The summed E-state index contributed by atoms with van der Waals surface area (Å²) in [5.41, 5.74) is 6.09. The van der Waals surface area contributed by atoms with Gasteiger partial charge in [0, 0.05) is 9.86 Å². The van der Waals surface area contributed by atoms with E-state index in [1.54, 1.807) is 27.4 Å². The molecule has 1 aliphatic rings. The fourth-order valence-corrected chi connectivity index (χ4v) is 6.46. The maximum Gasteiger partial charge on any atom is 0.339 e. The highest BCUT2D eigenvalue weighted by molar-refractivity contribution is 9.10. The predicted molar refractivity (Wildman–Crippen MR) is 185 cm³/mol. The second-order valence-electron chi connectivity index (χ2n) is 12.5. The first-order valence-corrected chi connectivity index (χ1v) is 15.9. The topological polar surface area (TPSA) is 96.0 Å². The van der Waals surface area contributed by atoms with Crippen molar-refractivity contribution >= 4 is 56.0 Å². The van der Waals surface area contributed by atoms with Crippen molar-refractivity contribution < 1.29 is 28.5 Å². The van der Waals surface area contributed by atoms with Crippen molar-refractivity contribution in [3.8, 4) is 17.2 Å². The van der Waals surface area contributed by atoms with Crippen molar-refractivity contribution in [3.63, 3.8) is 0 Å². The molecule has 1 unspecified atom stereocenters. The Bertz CT molecular complexity index is 1820. The van der Waals surface area contributed by atoms with Gasteiger partial charge in [-0.2, -0.15) is 0 Å². The number of carbonyl (C=O) groups excluding carboxylic acids is 2. The van der Waals surface area contributed by atoms with Crippen LogP contribution in [0.15, 0.2) is 59.1 Å². The third-order valence-corrected chi connectivity index (χ3v) is 9.06. The molecule has 1 aliphatic carbocycles. The lowest BCUT2D eigenvalue weighted by Crippen LogP contribution is -2.29. The van der Waals surface area contributed by atoms with E-state index in [0.717, 1.165) is 38.9 Å². The van der Waals surface area contributed by atoms with Gasteiger partial charge in [0.2, 0.25) is 5.75 Å². The Morgan fingerprint density at radius 3 is 2.30 bits per heavy atom. The van der Waals surface area contributed by atoms with Crippen molar-refractivity contribution in [2.45, 2.75) is 40.5 Å². The summed E-state index contributed by atoms with van der Waals surface area (Å²) in [4.78, 5) is 31.9.